The average molecular weight is 479 g/mol. The van der Waals surface area contributed by atoms with Crippen LogP contribution in [-0.4, -0.2) is 15.8 Å². The van der Waals surface area contributed by atoms with Crippen LogP contribution in [0.1, 0.15) is 33.9 Å². The van der Waals surface area contributed by atoms with Gasteiger partial charge < -0.3 is 0 Å². The van der Waals surface area contributed by atoms with E-state index < -0.39 is 0 Å². The molecule has 0 radical (unpaired) electrons. The van der Waals surface area contributed by atoms with Crippen LogP contribution >= 0.6 is 48.8 Å². The summed E-state index contributed by atoms with van der Waals surface area (Å²) < 4.78 is 0. The smallest absolute Gasteiger partial charge is 0.135 e. The number of carbonyl (C=O) groups excluding carboxylic acids is 1. The predicted octanol–water partition coefficient (Wildman–Crippen LogP) is 4.98. The van der Waals surface area contributed by atoms with E-state index in [1.165, 1.54) is 0 Å². The van der Waals surface area contributed by atoms with Crippen LogP contribution in [0.4, 0.5) is 0 Å². The third-order valence-corrected chi connectivity index (χ3v) is 4.42. The summed E-state index contributed by atoms with van der Waals surface area (Å²) in [4.78, 5) is 20.5. The Morgan fingerprint density at radius 1 is 0.905 bits per heavy atom. The lowest BCUT2D eigenvalue weighted by Gasteiger charge is -2.11. The van der Waals surface area contributed by atoms with Gasteiger partial charge in [0.2, 0.25) is 0 Å². The van der Waals surface area contributed by atoms with E-state index in [9.17, 15) is 4.79 Å². The van der Waals surface area contributed by atoms with E-state index in [4.69, 9.17) is 0 Å². The number of ketones is 1. The van der Waals surface area contributed by atoms with Gasteiger partial charge in [-0.2, -0.15) is 0 Å². The Kier molecular flexibility index (Phi) is 8.29. The number of rotatable bonds is 6. The monoisotopic (exact) mass is 476 g/mol. The van der Waals surface area contributed by atoms with Crippen molar-refractivity contribution >= 4 is 54.6 Å². The van der Waals surface area contributed by atoms with E-state index in [2.05, 4.69) is 41.8 Å². The lowest BCUT2D eigenvalue weighted by molar-refractivity contribution is -0.119. The van der Waals surface area contributed by atoms with Gasteiger partial charge in [-0.25, -0.2) is 0 Å². The molecule has 0 fully saturated rings. The zero-order valence-electron chi connectivity index (χ0n) is 11.2. The molecule has 0 aliphatic carbocycles. The number of nitrogens with zero attached hydrogens (tertiary/aromatic N) is 2. The highest BCUT2D eigenvalue weighted by atomic mass is 79.9. The molecule has 2 atom stereocenters. The molecular formula is C15H15Br3N2O. The minimum Gasteiger partial charge on any atom is -0.300 e. The molecule has 6 heteroatoms. The van der Waals surface area contributed by atoms with Crippen LogP contribution in [-0.2, 0) is 4.79 Å². The second kappa shape index (κ2) is 9.43. The summed E-state index contributed by atoms with van der Waals surface area (Å²) in [6.07, 6.45) is 4.31. The SMILES string of the molecule is Br.O=C(CC(Br)c1ccccn1)CC(Br)c1ccccn1. The van der Waals surface area contributed by atoms with Gasteiger partial charge in [0.15, 0.2) is 0 Å². The summed E-state index contributed by atoms with van der Waals surface area (Å²) in [5.74, 6) is 0.171. The third-order valence-electron chi connectivity index (χ3n) is 2.83. The highest BCUT2D eigenvalue weighted by Gasteiger charge is 2.18. The van der Waals surface area contributed by atoms with Crippen molar-refractivity contribution in [1.82, 2.24) is 9.97 Å². The molecule has 0 aliphatic heterocycles. The van der Waals surface area contributed by atoms with Crippen LogP contribution in [0, 0.1) is 0 Å². The molecule has 2 unspecified atom stereocenters. The molecule has 0 saturated carbocycles. The molecule has 0 aromatic carbocycles. The fourth-order valence-electron chi connectivity index (χ4n) is 1.81. The predicted molar refractivity (Wildman–Crippen MR) is 96.4 cm³/mol. The first kappa shape index (κ1) is 18.5. The molecule has 3 nitrogen and oxygen atoms in total. The van der Waals surface area contributed by atoms with Crippen LogP contribution in [0.25, 0.3) is 0 Å². The summed E-state index contributed by atoms with van der Waals surface area (Å²) in [7, 11) is 0. The number of hydrogen-bond acceptors (Lipinski definition) is 3. The zero-order valence-corrected chi connectivity index (χ0v) is 16.0. The van der Waals surface area contributed by atoms with Crippen LogP contribution in [0.2, 0.25) is 0 Å². The number of Topliss-reactive ketones (excluding diaryl/α,β-unsaturated/α-hetero) is 1. The maximum Gasteiger partial charge on any atom is 0.135 e. The second-order valence-electron chi connectivity index (χ2n) is 4.39. The number of alkyl halides is 2. The molecule has 0 bridgehead atoms. The van der Waals surface area contributed by atoms with Crippen LogP contribution < -0.4 is 0 Å². The van der Waals surface area contributed by atoms with Gasteiger partial charge in [-0.3, -0.25) is 14.8 Å². The van der Waals surface area contributed by atoms with Crippen molar-refractivity contribution in [2.24, 2.45) is 0 Å². The highest BCUT2D eigenvalue weighted by molar-refractivity contribution is 9.09. The van der Waals surface area contributed by atoms with E-state index >= 15 is 0 Å². The normalized spacial score (nSPS) is 13.0. The molecular weight excluding hydrogens is 464 g/mol. The van der Waals surface area contributed by atoms with Crippen molar-refractivity contribution in [2.45, 2.75) is 22.5 Å². The Morgan fingerprint density at radius 2 is 1.33 bits per heavy atom. The Bertz CT molecular complexity index is 502. The van der Waals surface area contributed by atoms with E-state index in [0.29, 0.717) is 12.8 Å². The zero-order chi connectivity index (χ0) is 14.4. The average Bonchev–Trinajstić information content (AvgIpc) is 2.49. The molecule has 0 spiro atoms. The lowest BCUT2D eigenvalue weighted by Crippen LogP contribution is -2.07. The number of aromatic nitrogens is 2. The van der Waals surface area contributed by atoms with Crippen molar-refractivity contribution in [3.63, 3.8) is 0 Å². The van der Waals surface area contributed by atoms with Crippen molar-refractivity contribution in [3.05, 3.63) is 60.2 Å². The molecule has 21 heavy (non-hydrogen) atoms. The van der Waals surface area contributed by atoms with Crippen molar-refractivity contribution in [2.75, 3.05) is 0 Å². The van der Waals surface area contributed by atoms with Crippen molar-refractivity contribution < 1.29 is 4.79 Å². The fraction of sp³-hybridized carbons (Fsp3) is 0.267. The molecule has 0 saturated heterocycles. The van der Waals surface area contributed by atoms with Gasteiger partial charge >= 0.3 is 0 Å². The molecule has 0 N–H and O–H groups in total. The Hall–Kier alpha value is -0.590. The van der Waals surface area contributed by atoms with E-state index in [0.717, 1.165) is 11.4 Å². The molecule has 2 aromatic rings. The van der Waals surface area contributed by atoms with Crippen LogP contribution in [0.15, 0.2) is 48.8 Å². The molecule has 2 rings (SSSR count). The molecule has 2 aromatic heterocycles. The molecule has 112 valence electrons. The molecule has 2 heterocycles. The van der Waals surface area contributed by atoms with E-state index in [1.54, 1.807) is 12.4 Å². The van der Waals surface area contributed by atoms with Gasteiger partial charge in [-0.15, -0.1) is 17.0 Å². The first-order chi connectivity index (χ1) is 9.66. The van der Waals surface area contributed by atoms with Gasteiger partial charge in [-0.05, 0) is 24.3 Å². The summed E-state index contributed by atoms with van der Waals surface area (Å²) in [6.45, 7) is 0. The third kappa shape index (κ3) is 5.96. The van der Waals surface area contributed by atoms with Gasteiger partial charge in [0, 0.05) is 25.2 Å². The largest absolute Gasteiger partial charge is 0.300 e. The number of halogens is 3. The first-order valence-corrected chi connectivity index (χ1v) is 8.11. The minimum absolute atomic E-state index is 0. The van der Waals surface area contributed by atoms with Crippen molar-refractivity contribution in [1.29, 1.82) is 0 Å². The van der Waals surface area contributed by atoms with E-state index in [-0.39, 0.29) is 32.4 Å². The van der Waals surface area contributed by atoms with Gasteiger partial charge in [-0.1, -0.05) is 44.0 Å². The Balaban J connectivity index is 0.00000220. The topological polar surface area (TPSA) is 42.9 Å². The quantitative estimate of drug-likeness (QED) is 0.550. The number of carbonyl (C=O) groups is 1. The van der Waals surface area contributed by atoms with Crippen LogP contribution in [0.3, 0.4) is 0 Å². The summed E-state index contributed by atoms with van der Waals surface area (Å²) >= 11 is 7.04. The lowest BCUT2D eigenvalue weighted by atomic mass is 10.1. The number of pyridine rings is 2. The Labute approximate surface area is 151 Å². The van der Waals surface area contributed by atoms with Gasteiger partial charge in [0.05, 0.1) is 21.0 Å². The number of hydrogen-bond donors (Lipinski definition) is 0. The summed E-state index contributed by atoms with van der Waals surface area (Å²) in [6, 6.07) is 11.4. The second-order valence-corrected chi connectivity index (χ2v) is 6.60. The fourth-order valence-corrected chi connectivity index (χ4v) is 3.08. The Morgan fingerprint density at radius 3 is 1.67 bits per heavy atom. The van der Waals surface area contributed by atoms with E-state index in [1.807, 2.05) is 36.4 Å². The summed E-state index contributed by atoms with van der Waals surface area (Å²) in [5, 5.41) is 0. The van der Waals surface area contributed by atoms with Gasteiger partial charge in [0.25, 0.3) is 0 Å². The summed E-state index contributed by atoms with van der Waals surface area (Å²) in [5.41, 5.74) is 1.76. The molecule has 0 amide bonds. The van der Waals surface area contributed by atoms with Crippen molar-refractivity contribution in [3.8, 4) is 0 Å². The highest BCUT2D eigenvalue weighted by Crippen LogP contribution is 2.29. The minimum atomic E-state index is -0.0420. The first-order valence-electron chi connectivity index (χ1n) is 6.28. The standard InChI is InChI=1S/C15H14Br2N2O.BrH/c16-12(14-5-1-3-7-18-14)9-11(20)10-13(17)15-6-2-4-8-19-15;/h1-8,12-13H,9-10H2;1H. The maximum atomic E-state index is 12.1. The van der Waals surface area contributed by atoms with Gasteiger partial charge in [0.1, 0.15) is 5.78 Å². The van der Waals surface area contributed by atoms with Crippen LogP contribution in [0.5, 0.6) is 0 Å². The molecule has 0 aliphatic rings. The maximum absolute atomic E-state index is 12.1.